The molecule has 0 spiro atoms. The molecule has 2 saturated heterocycles. The molecule has 1 amide bonds. The van der Waals surface area contributed by atoms with E-state index in [9.17, 15) is 22.8 Å². The number of amides is 1. The van der Waals surface area contributed by atoms with Crippen LogP contribution >= 0.6 is 11.8 Å². The van der Waals surface area contributed by atoms with Crippen molar-refractivity contribution in [2.24, 2.45) is 23.7 Å². The third-order valence-electron chi connectivity index (χ3n) is 9.48. The van der Waals surface area contributed by atoms with Gasteiger partial charge in [-0.15, -0.1) is 11.8 Å². The Morgan fingerprint density at radius 1 is 0.957 bits per heavy atom. The number of esters is 2. The number of carbonyl (C=O) groups excluding carboxylic acids is 3. The molecule has 47 heavy (non-hydrogen) atoms. The Bertz CT molecular complexity index is 1260. The number of rotatable bonds is 6. The first-order valence-electron chi connectivity index (χ1n) is 16.9. The molecule has 2 heterocycles. The van der Waals surface area contributed by atoms with Gasteiger partial charge in [-0.2, -0.15) is 8.42 Å². The first kappa shape index (κ1) is 39.1. The van der Waals surface area contributed by atoms with Crippen LogP contribution in [-0.4, -0.2) is 93.4 Å². The fourth-order valence-corrected chi connectivity index (χ4v) is 8.78. The minimum atomic E-state index is -3.67. The highest BCUT2D eigenvalue weighted by Gasteiger charge is 2.45. The Morgan fingerprint density at radius 2 is 1.64 bits per heavy atom. The molecular weight excluding hydrogens is 645 g/mol. The second-order valence-corrected chi connectivity index (χ2v) is 15.8. The third-order valence-corrected chi connectivity index (χ3v) is 10.8. The van der Waals surface area contributed by atoms with E-state index in [2.05, 4.69) is 5.32 Å². The summed E-state index contributed by atoms with van der Waals surface area (Å²) in [6.07, 6.45) is 11.2. The number of hydrogen-bond donors (Lipinski definition) is 2. The average Bonchev–Trinajstić information content (AvgIpc) is 3.03. The number of benzene rings is 1. The molecule has 0 aromatic heterocycles. The van der Waals surface area contributed by atoms with Crippen LogP contribution in [-0.2, 0) is 29.1 Å². The molecule has 0 radical (unpaired) electrons. The highest BCUT2D eigenvalue weighted by Crippen LogP contribution is 2.45. The van der Waals surface area contributed by atoms with E-state index in [4.69, 9.17) is 18.8 Å². The van der Waals surface area contributed by atoms with Crippen LogP contribution in [0.3, 0.4) is 0 Å². The van der Waals surface area contributed by atoms with Crippen molar-refractivity contribution >= 4 is 39.9 Å². The second kappa shape index (κ2) is 19.0. The summed E-state index contributed by atoms with van der Waals surface area (Å²) in [6, 6.07) is 5.21. The Kier molecular flexibility index (Phi) is 15.8. The smallest absolute Gasteiger partial charge is 0.410 e. The number of thioether (sulfide) groups is 1. The van der Waals surface area contributed by atoms with Crippen molar-refractivity contribution < 1.29 is 41.6 Å². The number of piperidine rings is 2. The van der Waals surface area contributed by atoms with Crippen molar-refractivity contribution in [3.05, 3.63) is 29.3 Å². The number of nitrogens with one attached hydrogen (secondary N) is 1. The van der Waals surface area contributed by atoms with E-state index < -0.39 is 22.3 Å². The monoisotopic (exact) mass is 698 g/mol. The van der Waals surface area contributed by atoms with Crippen molar-refractivity contribution in [2.75, 3.05) is 46.2 Å². The van der Waals surface area contributed by atoms with Gasteiger partial charge < -0.3 is 19.5 Å². The van der Waals surface area contributed by atoms with E-state index in [-0.39, 0.29) is 18.5 Å². The number of likely N-dealkylation sites (tertiary alicyclic amines) is 1. The molecule has 2 unspecified atom stereocenters. The first-order valence-corrected chi connectivity index (χ1v) is 19.7. The number of fused-ring (bicyclic) bond motifs is 2. The van der Waals surface area contributed by atoms with Gasteiger partial charge in [-0.1, -0.05) is 25.3 Å². The van der Waals surface area contributed by atoms with Crippen LogP contribution in [0, 0.1) is 30.6 Å². The number of methoxy groups -OCH3 is 1. The fraction of sp³-hybridized carbons (Fsp3) is 0.735. The van der Waals surface area contributed by atoms with Crippen LogP contribution in [0.1, 0.15) is 87.6 Å². The molecular formula is C34H54N2O9S2. The molecule has 2 aliphatic heterocycles. The number of hydrogen-bond acceptors (Lipinski definition) is 10. The van der Waals surface area contributed by atoms with Crippen LogP contribution in [0.25, 0.3) is 0 Å². The van der Waals surface area contributed by atoms with Crippen molar-refractivity contribution in [1.29, 1.82) is 0 Å². The SMILES string of the molecule is C1CCC2CNCCC2C1.CCOC(=O)c1ccc(C)cc1S[C@H]1CC[C@H]2CN(C(=O)OC)[C@H](C(=O)OCC)C[C@H]2C1.CS(=O)(=O)O. The summed E-state index contributed by atoms with van der Waals surface area (Å²) in [5.74, 6) is 2.12. The minimum absolute atomic E-state index is 0.279. The quantitative estimate of drug-likeness (QED) is 0.213. The average molecular weight is 699 g/mol. The summed E-state index contributed by atoms with van der Waals surface area (Å²) in [5, 5.41) is 3.82. The molecule has 5 rings (SSSR count). The Labute approximate surface area is 285 Å². The second-order valence-electron chi connectivity index (χ2n) is 12.9. The van der Waals surface area contributed by atoms with Gasteiger partial charge in [-0.25, -0.2) is 14.4 Å². The maximum Gasteiger partial charge on any atom is 0.410 e. The molecule has 4 fully saturated rings. The zero-order valence-corrected chi connectivity index (χ0v) is 30.2. The molecule has 13 heteroatoms. The highest BCUT2D eigenvalue weighted by atomic mass is 32.2. The lowest BCUT2D eigenvalue weighted by Crippen LogP contribution is -2.55. The van der Waals surface area contributed by atoms with Gasteiger partial charge in [0.25, 0.3) is 10.1 Å². The van der Waals surface area contributed by atoms with Crippen LogP contribution < -0.4 is 5.32 Å². The predicted molar refractivity (Wildman–Crippen MR) is 182 cm³/mol. The van der Waals surface area contributed by atoms with Gasteiger partial charge in [-0.3, -0.25) is 9.45 Å². The van der Waals surface area contributed by atoms with E-state index in [1.807, 2.05) is 25.1 Å². The normalized spacial score (nSPS) is 26.9. The standard InChI is InChI=1S/C24H33NO6S.C9H17N.CH4O3S/c1-5-30-22(26)19-10-7-15(3)11-21(19)32-18-9-8-16-14-25(24(28)29-4)20(13-17(16)12-18)23(27)31-6-2;1-2-4-9-7-10-6-5-8(9)3-1;1-5(2,3)4/h7,10-11,16-18,20H,5-6,8-9,12-14H2,1-4H3;8-10H,1-7H2;1H3,(H,2,3,4)/t16-,17+,18-,20-;;/m0../s1. The summed E-state index contributed by atoms with van der Waals surface area (Å²) >= 11 is 1.72. The van der Waals surface area contributed by atoms with E-state index in [0.717, 1.165) is 41.6 Å². The number of ether oxygens (including phenoxy) is 3. The molecule has 2 N–H and O–H groups in total. The molecule has 2 saturated carbocycles. The fourth-order valence-electron chi connectivity index (χ4n) is 7.29. The molecule has 2 aliphatic carbocycles. The summed E-state index contributed by atoms with van der Waals surface area (Å²) in [7, 11) is -2.33. The maximum absolute atomic E-state index is 12.6. The van der Waals surface area contributed by atoms with E-state index in [0.29, 0.717) is 48.5 Å². The van der Waals surface area contributed by atoms with Gasteiger partial charge in [0.1, 0.15) is 6.04 Å². The zero-order chi connectivity index (χ0) is 34.6. The van der Waals surface area contributed by atoms with Crippen molar-refractivity contribution in [2.45, 2.75) is 94.7 Å². The lowest BCUT2D eigenvalue weighted by molar-refractivity contribution is -0.152. The topological polar surface area (TPSA) is 149 Å². The van der Waals surface area contributed by atoms with Crippen LogP contribution in [0.2, 0.25) is 0 Å². The van der Waals surface area contributed by atoms with Crippen LogP contribution in [0.4, 0.5) is 4.79 Å². The first-order chi connectivity index (χ1) is 22.3. The van der Waals surface area contributed by atoms with Crippen molar-refractivity contribution in [3.63, 3.8) is 0 Å². The number of nitrogens with zero attached hydrogens (tertiary/aromatic N) is 1. The number of aryl methyl sites for hydroxylation is 1. The van der Waals surface area contributed by atoms with Gasteiger partial charge >= 0.3 is 18.0 Å². The predicted octanol–water partition coefficient (Wildman–Crippen LogP) is 5.74. The molecule has 6 atom stereocenters. The van der Waals surface area contributed by atoms with E-state index in [1.54, 1.807) is 25.6 Å². The summed E-state index contributed by atoms with van der Waals surface area (Å²) in [5.41, 5.74) is 1.71. The van der Waals surface area contributed by atoms with Gasteiger partial charge in [-0.05, 0) is 114 Å². The zero-order valence-electron chi connectivity index (χ0n) is 28.6. The lowest BCUT2D eigenvalue weighted by Gasteiger charge is -2.46. The molecule has 4 aliphatic rings. The summed E-state index contributed by atoms with van der Waals surface area (Å²) in [6.45, 7) is 9.31. The largest absolute Gasteiger partial charge is 0.464 e. The van der Waals surface area contributed by atoms with Gasteiger partial charge in [0.2, 0.25) is 0 Å². The molecule has 0 bridgehead atoms. The summed E-state index contributed by atoms with van der Waals surface area (Å²) < 4.78 is 41.3. The van der Waals surface area contributed by atoms with E-state index in [1.165, 1.54) is 57.2 Å². The van der Waals surface area contributed by atoms with Crippen LogP contribution in [0.15, 0.2) is 23.1 Å². The molecule has 266 valence electrons. The van der Waals surface area contributed by atoms with Crippen LogP contribution in [0.5, 0.6) is 0 Å². The van der Waals surface area contributed by atoms with Crippen molar-refractivity contribution in [3.8, 4) is 0 Å². The minimum Gasteiger partial charge on any atom is -0.464 e. The Hall–Kier alpha value is -2.35. The Balaban J connectivity index is 0.000000326. The highest BCUT2D eigenvalue weighted by molar-refractivity contribution is 8.00. The molecule has 1 aromatic carbocycles. The summed E-state index contributed by atoms with van der Waals surface area (Å²) in [4.78, 5) is 39.8. The molecule has 1 aromatic rings. The maximum atomic E-state index is 12.6. The lowest BCUT2D eigenvalue weighted by atomic mass is 9.73. The van der Waals surface area contributed by atoms with Gasteiger partial charge in [0.15, 0.2) is 0 Å². The number of carbonyl (C=O) groups is 3. The van der Waals surface area contributed by atoms with Crippen molar-refractivity contribution in [1.82, 2.24) is 10.2 Å². The van der Waals surface area contributed by atoms with E-state index >= 15 is 0 Å². The molecule has 11 nitrogen and oxygen atoms in total. The third kappa shape index (κ3) is 12.6. The Morgan fingerprint density at radius 3 is 2.28 bits per heavy atom. The van der Waals surface area contributed by atoms with Gasteiger partial charge in [0, 0.05) is 16.7 Å². The van der Waals surface area contributed by atoms with Gasteiger partial charge in [0.05, 0.1) is 32.1 Å².